The highest BCUT2D eigenvalue weighted by molar-refractivity contribution is 7.95. The molecule has 2 nitrogen and oxygen atoms in total. The summed E-state index contributed by atoms with van der Waals surface area (Å²) in [4.78, 5) is 0.796. The Labute approximate surface area is 283 Å². The third-order valence-corrected chi connectivity index (χ3v) is 20.5. The van der Waals surface area contributed by atoms with E-state index in [4.69, 9.17) is 4.03 Å². The van der Waals surface area contributed by atoms with Gasteiger partial charge < -0.3 is 0 Å². The molecular weight excluding hydrogens is 626 g/mol. The second-order valence-corrected chi connectivity index (χ2v) is 22.2. The van der Waals surface area contributed by atoms with Gasteiger partial charge in [0.1, 0.15) is 0 Å². The molecule has 6 rings (SSSR count). The summed E-state index contributed by atoms with van der Waals surface area (Å²) in [5.74, 6) is 0.404. The van der Waals surface area contributed by atoms with E-state index in [2.05, 4.69) is 172 Å². The van der Waals surface area contributed by atoms with E-state index in [0.717, 1.165) is 4.90 Å². The molecule has 0 aromatic heterocycles. The summed E-state index contributed by atoms with van der Waals surface area (Å²) in [6, 6.07) is 63.7. The van der Waals surface area contributed by atoms with Crippen molar-refractivity contribution in [1.82, 2.24) is 0 Å². The van der Waals surface area contributed by atoms with Crippen LogP contribution in [0.25, 0.3) is 0 Å². The molecule has 6 aromatic carbocycles. The maximum atomic E-state index is 16.4. The lowest BCUT2D eigenvalue weighted by atomic mass is 10.2. The van der Waals surface area contributed by atoms with Crippen LogP contribution < -0.4 is 21.0 Å². The Kier molecular flexibility index (Phi) is 10.0. The molecule has 0 saturated heterocycles. The summed E-state index contributed by atoms with van der Waals surface area (Å²) in [6.45, 7) is 6.84. The fourth-order valence-electron chi connectivity index (χ4n) is 6.57. The minimum absolute atomic E-state index is 0.0503. The van der Waals surface area contributed by atoms with Crippen molar-refractivity contribution in [2.24, 2.45) is 4.03 Å². The van der Waals surface area contributed by atoms with E-state index in [1.807, 2.05) is 30.3 Å². The monoisotopic (exact) mass is 667 g/mol. The van der Waals surface area contributed by atoms with E-state index in [1.165, 1.54) is 26.5 Å². The molecule has 1 unspecified atom stereocenters. The largest absolute Gasteiger partial charge is 0.261 e. The normalized spacial score (nSPS) is 13.9. The Morgan fingerprint density at radius 1 is 0.553 bits per heavy atom. The number of hydrogen-bond acceptors (Lipinski definition) is 2. The highest BCUT2D eigenvalue weighted by atomic mass is 32.2. The SMILES string of the molecule is CC(C)(C)[Si](N=S(=O)(C[C@H](c1ccccc1)P(c1ccccc1)c1ccccc1)c1ccccc1)(c1ccccc1)c1ccccc1. The van der Waals surface area contributed by atoms with Crippen molar-refractivity contribution >= 4 is 46.9 Å². The van der Waals surface area contributed by atoms with Gasteiger partial charge in [-0.25, -0.2) is 4.21 Å². The second kappa shape index (κ2) is 14.4. The van der Waals surface area contributed by atoms with Crippen molar-refractivity contribution in [2.75, 3.05) is 5.75 Å². The first kappa shape index (κ1) is 32.8. The van der Waals surface area contributed by atoms with E-state index < -0.39 is 25.9 Å². The van der Waals surface area contributed by atoms with Gasteiger partial charge in [-0.15, -0.1) is 0 Å². The quantitative estimate of drug-likeness (QED) is 0.106. The van der Waals surface area contributed by atoms with Crippen LogP contribution in [0.5, 0.6) is 0 Å². The van der Waals surface area contributed by atoms with E-state index in [0.29, 0.717) is 5.75 Å². The fourth-order valence-corrected chi connectivity index (χ4v) is 19.5. The van der Waals surface area contributed by atoms with Crippen molar-refractivity contribution in [3.8, 4) is 0 Å². The van der Waals surface area contributed by atoms with Crippen LogP contribution in [-0.4, -0.2) is 18.2 Å². The Bertz CT molecular complexity index is 1900. The molecule has 2 atom stereocenters. The Morgan fingerprint density at radius 2 is 0.915 bits per heavy atom. The van der Waals surface area contributed by atoms with Crippen LogP contribution in [0.3, 0.4) is 0 Å². The number of nitrogens with zero attached hydrogens (tertiary/aromatic N) is 1. The van der Waals surface area contributed by atoms with Crippen LogP contribution in [0.4, 0.5) is 0 Å². The summed E-state index contributed by atoms with van der Waals surface area (Å²) in [7, 11) is -7.03. The van der Waals surface area contributed by atoms with Gasteiger partial charge in [0.05, 0.1) is 9.73 Å². The van der Waals surface area contributed by atoms with Crippen molar-refractivity contribution in [1.29, 1.82) is 0 Å². The highest BCUT2D eigenvalue weighted by Crippen LogP contribution is 2.51. The van der Waals surface area contributed by atoms with E-state index in [1.54, 1.807) is 0 Å². The van der Waals surface area contributed by atoms with Gasteiger partial charge in [-0.05, 0) is 51.6 Å². The minimum Gasteiger partial charge on any atom is -0.261 e. The molecule has 6 aromatic rings. The van der Waals surface area contributed by atoms with E-state index in [-0.39, 0.29) is 10.7 Å². The van der Waals surface area contributed by atoms with Gasteiger partial charge in [0, 0.05) is 16.3 Å². The zero-order valence-electron chi connectivity index (χ0n) is 27.3. The van der Waals surface area contributed by atoms with Gasteiger partial charge in [0.25, 0.3) is 8.24 Å². The zero-order valence-corrected chi connectivity index (χ0v) is 30.0. The third-order valence-electron chi connectivity index (χ3n) is 8.81. The maximum Gasteiger partial charge on any atom is 0.260 e. The summed E-state index contributed by atoms with van der Waals surface area (Å²) in [6.07, 6.45) is 0. The Balaban J connectivity index is 1.69. The molecule has 0 spiro atoms. The molecule has 5 heteroatoms. The Morgan fingerprint density at radius 3 is 1.32 bits per heavy atom. The molecule has 47 heavy (non-hydrogen) atoms. The number of rotatable bonds is 10. The van der Waals surface area contributed by atoms with Gasteiger partial charge in [-0.1, -0.05) is 191 Å². The Hall–Kier alpha value is -4.08. The van der Waals surface area contributed by atoms with Crippen LogP contribution in [0.2, 0.25) is 5.04 Å². The lowest BCUT2D eigenvalue weighted by molar-refractivity contribution is 0.674. The highest BCUT2D eigenvalue weighted by Gasteiger charge is 2.50. The lowest BCUT2D eigenvalue weighted by Gasteiger charge is -2.41. The molecule has 0 N–H and O–H groups in total. The molecule has 0 bridgehead atoms. The lowest BCUT2D eigenvalue weighted by Crippen LogP contribution is -2.63. The van der Waals surface area contributed by atoms with Crippen LogP contribution in [0.1, 0.15) is 32.0 Å². The van der Waals surface area contributed by atoms with Crippen molar-refractivity contribution in [3.63, 3.8) is 0 Å². The third kappa shape index (κ3) is 6.97. The molecule has 0 aliphatic rings. The molecule has 0 fully saturated rings. The molecule has 0 saturated carbocycles. The fraction of sp³-hybridized carbons (Fsp3) is 0.143. The van der Waals surface area contributed by atoms with Crippen LogP contribution >= 0.6 is 7.92 Å². The number of hydrogen-bond donors (Lipinski definition) is 0. The van der Waals surface area contributed by atoms with Crippen LogP contribution in [-0.2, 0) is 9.73 Å². The summed E-state index contributed by atoms with van der Waals surface area (Å²) < 4.78 is 22.4. The molecule has 236 valence electrons. The van der Waals surface area contributed by atoms with Crippen molar-refractivity contribution in [2.45, 2.75) is 36.4 Å². The van der Waals surface area contributed by atoms with Gasteiger partial charge in [0.15, 0.2) is 0 Å². The summed E-state index contributed by atoms with van der Waals surface area (Å²) in [5.41, 5.74) is 1.14. The zero-order chi connectivity index (χ0) is 32.7. The van der Waals surface area contributed by atoms with Gasteiger partial charge in [0.2, 0.25) is 0 Å². The predicted molar refractivity (Wildman–Crippen MR) is 206 cm³/mol. The van der Waals surface area contributed by atoms with E-state index >= 15 is 4.21 Å². The molecule has 0 aliphatic heterocycles. The molecule has 0 aliphatic carbocycles. The number of benzene rings is 6. The first-order valence-corrected chi connectivity index (χ1v) is 21.2. The van der Waals surface area contributed by atoms with Gasteiger partial charge >= 0.3 is 0 Å². The molecule has 0 radical (unpaired) electrons. The second-order valence-electron chi connectivity index (χ2n) is 12.9. The van der Waals surface area contributed by atoms with Gasteiger partial charge in [-0.3, -0.25) is 4.03 Å². The maximum absolute atomic E-state index is 16.4. The smallest absolute Gasteiger partial charge is 0.260 e. The summed E-state index contributed by atoms with van der Waals surface area (Å²) in [5, 5.41) is 4.60. The summed E-state index contributed by atoms with van der Waals surface area (Å²) >= 11 is 0. The van der Waals surface area contributed by atoms with E-state index in [9.17, 15) is 0 Å². The minimum atomic E-state index is -3.07. The predicted octanol–water partition coefficient (Wildman–Crippen LogP) is 8.95. The molecular formula is C42H42NOPSSi. The van der Waals surface area contributed by atoms with Crippen molar-refractivity contribution < 1.29 is 4.21 Å². The topological polar surface area (TPSA) is 29.4 Å². The molecule has 0 amide bonds. The average molecular weight is 668 g/mol. The van der Waals surface area contributed by atoms with Gasteiger partial charge in [-0.2, -0.15) is 0 Å². The van der Waals surface area contributed by atoms with Crippen molar-refractivity contribution in [3.05, 3.63) is 188 Å². The first-order chi connectivity index (χ1) is 22.8. The van der Waals surface area contributed by atoms with Crippen LogP contribution in [0, 0.1) is 0 Å². The van der Waals surface area contributed by atoms with Crippen LogP contribution in [0.15, 0.2) is 191 Å². The standard InChI is InChI=1S/C42H42NOPSSi/c1-42(2,3)47(39-30-18-8-19-31-39,40-32-20-9-21-33-40)43-46(44,38-28-16-7-17-29-38)34-41(35-22-10-4-11-23-35)45(36-24-12-5-13-25-36)37-26-14-6-15-27-37/h4-33,41H,34H2,1-3H3/t41-,46?/m1/s1. The molecule has 0 heterocycles. The average Bonchev–Trinajstić information content (AvgIpc) is 3.12. The first-order valence-electron chi connectivity index (χ1n) is 16.2.